The fourth-order valence-electron chi connectivity index (χ4n) is 2.39. The molecule has 0 aliphatic carbocycles. The average Bonchev–Trinajstić information content (AvgIpc) is 2.67. The molecule has 26 heavy (non-hydrogen) atoms. The fraction of sp³-hybridized carbons (Fsp3) is 0.0500. The molecule has 6 heteroatoms. The molecule has 3 rings (SSSR count). The minimum absolute atomic E-state index is 0.164. The molecule has 132 valence electrons. The molecule has 0 amide bonds. The van der Waals surface area contributed by atoms with E-state index in [-0.39, 0.29) is 4.90 Å². The van der Waals surface area contributed by atoms with Crippen LogP contribution >= 0.6 is 15.9 Å². The maximum atomic E-state index is 12.3. The Morgan fingerprint density at radius 1 is 0.846 bits per heavy atom. The molecule has 3 aromatic carbocycles. The van der Waals surface area contributed by atoms with Crippen molar-refractivity contribution in [1.29, 1.82) is 0 Å². The lowest BCUT2D eigenvalue weighted by molar-refractivity contribution is 0.584. The lowest BCUT2D eigenvalue weighted by Gasteiger charge is -2.07. The molecule has 1 N–H and O–H groups in total. The molecule has 0 heterocycles. The zero-order valence-electron chi connectivity index (χ0n) is 14.1. The van der Waals surface area contributed by atoms with E-state index in [9.17, 15) is 8.42 Å². The van der Waals surface area contributed by atoms with Crippen molar-refractivity contribution in [2.75, 3.05) is 0 Å². The molecular weight excluding hydrogens is 412 g/mol. The lowest BCUT2D eigenvalue weighted by Crippen LogP contribution is -2.19. The zero-order chi connectivity index (χ0) is 18.6. The highest BCUT2D eigenvalue weighted by molar-refractivity contribution is 9.10. The molecule has 0 aliphatic heterocycles. The number of nitrogens with zero attached hydrogens (tertiary/aromatic N) is 1. The van der Waals surface area contributed by atoms with Crippen LogP contribution in [0, 0.1) is 0 Å². The molecule has 0 aromatic heterocycles. The Hall–Kier alpha value is -2.44. The van der Waals surface area contributed by atoms with Crippen LogP contribution in [-0.2, 0) is 10.0 Å². The number of sulfonamides is 1. The second kappa shape index (κ2) is 7.85. The van der Waals surface area contributed by atoms with Crippen LogP contribution in [0.5, 0.6) is 0 Å². The number of nitrogens with one attached hydrogen (secondary N) is 1. The Morgan fingerprint density at radius 3 is 2.04 bits per heavy atom. The van der Waals surface area contributed by atoms with Gasteiger partial charge in [0.15, 0.2) is 0 Å². The Bertz CT molecular complexity index is 1010. The van der Waals surface area contributed by atoms with Gasteiger partial charge in [0, 0.05) is 4.47 Å². The van der Waals surface area contributed by atoms with Crippen LogP contribution in [0.25, 0.3) is 11.1 Å². The molecule has 3 aromatic rings. The van der Waals surface area contributed by atoms with E-state index in [4.69, 9.17) is 0 Å². The van der Waals surface area contributed by atoms with E-state index < -0.39 is 10.0 Å². The van der Waals surface area contributed by atoms with Crippen LogP contribution < -0.4 is 4.83 Å². The van der Waals surface area contributed by atoms with Gasteiger partial charge in [0.1, 0.15) is 0 Å². The quantitative estimate of drug-likeness (QED) is 0.467. The molecule has 0 bridgehead atoms. The topological polar surface area (TPSA) is 58.5 Å². The molecule has 0 spiro atoms. The van der Waals surface area contributed by atoms with Gasteiger partial charge in [-0.3, -0.25) is 0 Å². The third-order valence-corrected chi connectivity index (χ3v) is 5.62. The molecule has 0 unspecified atom stereocenters. The van der Waals surface area contributed by atoms with E-state index in [1.807, 2.05) is 54.6 Å². The number of hydrazone groups is 1. The SMILES string of the molecule is C/C(=N\NS(=O)(=O)c1ccc(Br)cc1)c1ccc(-c2ccccc2)cc1. The molecule has 0 radical (unpaired) electrons. The number of halogens is 1. The molecule has 0 fully saturated rings. The summed E-state index contributed by atoms with van der Waals surface area (Å²) in [5.41, 5.74) is 3.66. The Kier molecular flexibility index (Phi) is 5.54. The third kappa shape index (κ3) is 4.39. The van der Waals surface area contributed by atoms with E-state index in [1.165, 1.54) is 12.1 Å². The highest BCUT2D eigenvalue weighted by atomic mass is 79.9. The van der Waals surface area contributed by atoms with Crippen LogP contribution in [-0.4, -0.2) is 14.1 Å². The first-order chi connectivity index (χ1) is 12.5. The summed E-state index contributed by atoms with van der Waals surface area (Å²) < 4.78 is 25.4. The number of benzene rings is 3. The summed E-state index contributed by atoms with van der Waals surface area (Å²) in [5, 5.41) is 4.03. The maximum Gasteiger partial charge on any atom is 0.276 e. The van der Waals surface area contributed by atoms with Crippen molar-refractivity contribution in [2.24, 2.45) is 5.10 Å². The maximum absolute atomic E-state index is 12.3. The third-order valence-electron chi connectivity index (χ3n) is 3.87. The Labute approximate surface area is 161 Å². The van der Waals surface area contributed by atoms with E-state index >= 15 is 0 Å². The van der Waals surface area contributed by atoms with Gasteiger partial charge in [-0.25, -0.2) is 0 Å². The second-order valence-electron chi connectivity index (χ2n) is 5.69. The van der Waals surface area contributed by atoms with Crippen LogP contribution in [0.4, 0.5) is 0 Å². The molecule has 0 aliphatic rings. The summed E-state index contributed by atoms with van der Waals surface area (Å²) in [6, 6.07) is 24.3. The predicted octanol–water partition coefficient (Wildman–Crippen LogP) is 4.82. The largest absolute Gasteiger partial charge is 0.276 e. The first-order valence-corrected chi connectivity index (χ1v) is 10.2. The molecule has 4 nitrogen and oxygen atoms in total. The molecule has 0 atom stereocenters. The van der Waals surface area contributed by atoms with E-state index in [0.29, 0.717) is 5.71 Å². The number of hydrogen-bond donors (Lipinski definition) is 1. The fourth-order valence-corrected chi connectivity index (χ4v) is 3.52. The van der Waals surface area contributed by atoms with Gasteiger partial charge >= 0.3 is 0 Å². The van der Waals surface area contributed by atoms with Crippen molar-refractivity contribution in [3.05, 3.63) is 88.9 Å². The van der Waals surface area contributed by atoms with Crippen LogP contribution in [0.2, 0.25) is 0 Å². The van der Waals surface area contributed by atoms with Gasteiger partial charge in [-0.2, -0.15) is 18.4 Å². The minimum atomic E-state index is -3.69. The molecule has 0 saturated heterocycles. The second-order valence-corrected chi connectivity index (χ2v) is 8.27. The van der Waals surface area contributed by atoms with Crippen molar-refractivity contribution in [3.8, 4) is 11.1 Å². The van der Waals surface area contributed by atoms with Crippen LogP contribution in [0.15, 0.2) is 93.3 Å². The Balaban J connectivity index is 1.76. The van der Waals surface area contributed by atoms with Crippen molar-refractivity contribution in [3.63, 3.8) is 0 Å². The zero-order valence-corrected chi connectivity index (χ0v) is 16.5. The standard InChI is InChI=1S/C20H17BrN2O2S/c1-15(22-23-26(24,25)20-13-11-19(21)12-14-20)16-7-9-18(10-8-16)17-5-3-2-4-6-17/h2-14,23H,1H3/b22-15+. The van der Waals surface area contributed by atoms with Crippen molar-refractivity contribution >= 4 is 31.7 Å². The summed E-state index contributed by atoms with van der Waals surface area (Å²) in [7, 11) is -3.69. The summed E-state index contributed by atoms with van der Waals surface area (Å²) in [6.45, 7) is 1.77. The summed E-state index contributed by atoms with van der Waals surface area (Å²) in [4.78, 5) is 2.45. The van der Waals surface area contributed by atoms with Crippen molar-refractivity contribution < 1.29 is 8.42 Å². The Morgan fingerprint density at radius 2 is 1.42 bits per heavy atom. The van der Waals surface area contributed by atoms with Crippen LogP contribution in [0.3, 0.4) is 0 Å². The summed E-state index contributed by atoms with van der Waals surface area (Å²) >= 11 is 3.28. The summed E-state index contributed by atoms with van der Waals surface area (Å²) in [6.07, 6.45) is 0. The lowest BCUT2D eigenvalue weighted by atomic mass is 10.0. The van der Waals surface area contributed by atoms with E-state index in [1.54, 1.807) is 19.1 Å². The van der Waals surface area contributed by atoms with Gasteiger partial charge in [-0.05, 0) is 47.9 Å². The van der Waals surface area contributed by atoms with Crippen molar-refractivity contribution in [1.82, 2.24) is 4.83 Å². The van der Waals surface area contributed by atoms with Gasteiger partial charge in [-0.15, -0.1) is 0 Å². The van der Waals surface area contributed by atoms with E-state index in [0.717, 1.165) is 21.2 Å². The van der Waals surface area contributed by atoms with Crippen LogP contribution in [0.1, 0.15) is 12.5 Å². The smallest absolute Gasteiger partial charge is 0.200 e. The molecular formula is C20H17BrN2O2S. The van der Waals surface area contributed by atoms with E-state index in [2.05, 4.69) is 25.9 Å². The number of hydrogen-bond acceptors (Lipinski definition) is 3. The first kappa shape index (κ1) is 18.4. The highest BCUT2D eigenvalue weighted by Gasteiger charge is 2.12. The van der Waals surface area contributed by atoms with Gasteiger partial charge in [0.25, 0.3) is 10.0 Å². The normalized spacial score (nSPS) is 12.0. The first-order valence-electron chi connectivity index (χ1n) is 7.93. The monoisotopic (exact) mass is 428 g/mol. The number of rotatable bonds is 5. The minimum Gasteiger partial charge on any atom is -0.200 e. The highest BCUT2D eigenvalue weighted by Crippen LogP contribution is 2.19. The molecule has 0 saturated carbocycles. The van der Waals surface area contributed by atoms with Gasteiger partial charge in [0.05, 0.1) is 10.6 Å². The van der Waals surface area contributed by atoms with Gasteiger partial charge in [-0.1, -0.05) is 70.5 Å². The summed E-state index contributed by atoms with van der Waals surface area (Å²) in [5.74, 6) is 0. The van der Waals surface area contributed by atoms with Gasteiger partial charge in [0.2, 0.25) is 0 Å². The van der Waals surface area contributed by atoms with Gasteiger partial charge < -0.3 is 0 Å². The average molecular weight is 429 g/mol. The predicted molar refractivity (Wildman–Crippen MR) is 109 cm³/mol. The van der Waals surface area contributed by atoms with Crippen molar-refractivity contribution in [2.45, 2.75) is 11.8 Å².